The monoisotopic (exact) mass is 431 g/mol. The number of halogens is 2. The molecular weight excluding hydrogens is 409 g/mol. The zero-order valence-corrected chi connectivity index (χ0v) is 18.0. The lowest BCUT2D eigenvalue weighted by Gasteiger charge is -2.34. The second-order valence-corrected chi connectivity index (χ2v) is 8.99. The van der Waals surface area contributed by atoms with Crippen molar-refractivity contribution in [3.8, 4) is 0 Å². The van der Waals surface area contributed by atoms with Gasteiger partial charge in [0.15, 0.2) is 5.15 Å². The van der Waals surface area contributed by atoms with Crippen molar-refractivity contribution in [2.75, 3.05) is 43.4 Å². The first kappa shape index (κ1) is 18.9. The van der Waals surface area contributed by atoms with E-state index in [2.05, 4.69) is 39.2 Å². The number of rotatable bonds is 4. The molecule has 1 saturated carbocycles. The van der Waals surface area contributed by atoms with Gasteiger partial charge in [-0.15, -0.1) is 0 Å². The maximum atomic E-state index is 6.56. The minimum absolute atomic E-state index is 0.0371. The van der Waals surface area contributed by atoms with E-state index in [4.69, 9.17) is 28.2 Å². The highest BCUT2D eigenvalue weighted by Gasteiger charge is 2.42. The first-order valence-electron chi connectivity index (χ1n) is 9.84. The first-order valence-corrected chi connectivity index (χ1v) is 10.6. The zero-order chi connectivity index (χ0) is 20.2. The molecule has 0 amide bonds. The molecule has 9 heteroatoms. The molecule has 1 saturated heterocycles. The Labute approximate surface area is 179 Å². The molecule has 2 fully saturated rings. The van der Waals surface area contributed by atoms with Crippen LogP contribution in [-0.4, -0.2) is 57.9 Å². The fourth-order valence-corrected chi connectivity index (χ4v) is 4.33. The number of hydrogen-bond donors (Lipinski definition) is 1. The zero-order valence-electron chi connectivity index (χ0n) is 16.5. The molecule has 29 heavy (non-hydrogen) atoms. The van der Waals surface area contributed by atoms with Gasteiger partial charge in [0.25, 0.3) is 0 Å². The predicted octanol–water partition coefficient (Wildman–Crippen LogP) is 4.14. The molecule has 0 spiro atoms. The third-order valence-electron chi connectivity index (χ3n) is 5.93. The van der Waals surface area contributed by atoms with E-state index in [1.807, 2.05) is 16.8 Å². The SMILES string of the molecule is CN1CCN(c2cc3nc(Nc4cnn(C5(C)CC5)c4Cl)ncc3cc2Cl)CC1. The van der Waals surface area contributed by atoms with Gasteiger partial charge in [0.05, 0.1) is 33.6 Å². The predicted molar refractivity (Wildman–Crippen MR) is 118 cm³/mol. The summed E-state index contributed by atoms with van der Waals surface area (Å²) in [6.45, 7) is 6.10. The van der Waals surface area contributed by atoms with Gasteiger partial charge in [-0.3, -0.25) is 0 Å². The van der Waals surface area contributed by atoms with Crippen LogP contribution in [0.2, 0.25) is 10.2 Å². The van der Waals surface area contributed by atoms with E-state index in [-0.39, 0.29) is 5.54 Å². The number of benzene rings is 1. The van der Waals surface area contributed by atoms with Crippen molar-refractivity contribution >= 4 is 51.4 Å². The lowest BCUT2D eigenvalue weighted by molar-refractivity contribution is 0.313. The molecule has 3 heterocycles. The van der Waals surface area contributed by atoms with Crippen LogP contribution in [-0.2, 0) is 5.54 Å². The van der Waals surface area contributed by atoms with Crippen LogP contribution in [0.5, 0.6) is 0 Å². The van der Waals surface area contributed by atoms with Crippen molar-refractivity contribution in [1.29, 1.82) is 0 Å². The van der Waals surface area contributed by atoms with Crippen molar-refractivity contribution in [3.63, 3.8) is 0 Å². The largest absolute Gasteiger partial charge is 0.368 e. The minimum atomic E-state index is 0.0371. The van der Waals surface area contributed by atoms with Crippen molar-refractivity contribution in [2.24, 2.45) is 0 Å². The van der Waals surface area contributed by atoms with Gasteiger partial charge < -0.3 is 15.1 Å². The van der Waals surface area contributed by atoms with Gasteiger partial charge in [-0.2, -0.15) is 5.10 Å². The summed E-state index contributed by atoms with van der Waals surface area (Å²) in [5, 5.41) is 9.88. The van der Waals surface area contributed by atoms with E-state index in [9.17, 15) is 0 Å². The summed E-state index contributed by atoms with van der Waals surface area (Å²) in [6.07, 6.45) is 5.70. The van der Waals surface area contributed by atoms with Crippen LogP contribution in [0.25, 0.3) is 10.9 Å². The smallest absolute Gasteiger partial charge is 0.227 e. The van der Waals surface area contributed by atoms with Crippen molar-refractivity contribution in [3.05, 3.63) is 34.7 Å². The Morgan fingerprint density at radius 3 is 2.55 bits per heavy atom. The number of nitrogens with zero attached hydrogens (tertiary/aromatic N) is 6. The number of piperazine rings is 1. The second kappa shape index (κ2) is 7.00. The summed E-state index contributed by atoms with van der Waals surface area (Å²) in [4.78, 5) is 13.8. The average molecular weight is 432 g/mol. The van der Waals surface area contributed by atoms with Gasteiger partial charge in [-0.25, -0.2) is 14.6 Å². The summed E-state index contributed by atoms with van der Waals surface area (Å²) in [5.74, 6) is 0.492. The van der Waals surface area contributed by atoms with Gasteiger partial charge in [0, 0.05) is 37.8 Å². The van der Waals surface area contributed by atoms with Crippen LogP contribution in [0.3, 0.4) is 0 Å². The Bertz CT molecular complexity index is 1070. The van der Waals surface area contributed by atoms with Crippen LogP contribution in [0.15, 0.2) is 24.5 Å². The van der Waals surface area contributed by atoms with Gasteiger partial charge in [0.1, 0.15) is 0 Å². The highest BCUT2D eigenvalue weighted by Crippen LogP contribution is 2.45. The first-order chi connectivity index (χ1) is 13.9. The molecule has 3 aromatic rings. The van der Waals surface area contributed by atoms with Crippen LogP contribution in [0, 0.1) is 0 Å². The molecule has 0 unspecified atom stereocenters. The lowest BCUT2D eigenvalue weighted by atomic mass is 10.2. The highest BCUT2D eigenvalue weighted by molar-refractivity contribution is 6.34. The minimum Gasteiger partial charge on any atom is -0.368 e. The van der Waals surface area contributed by atoms with Crippen molar-refractivity contribution in [2.45, 2.75) is 25.3 Å². The molecule has 0 bridgehead atoms. The standard InChI is InChI=1S/C20H23Cl2N7/c1-20(3-4-20)29-18(22)16(12-24-29)26-19-23-11-13-9-14(21)17(10-15(13)25-19)28-7-5-27(2)6-8-28/h9-12H,3-8H2,1-2H3,(H,23,25,26). The summed E-state index contributed by atoms with van der Waals surface area (Å²) in [6, 6.07) is 3.99. The Kier molecular flexibility index (Phi) is 4.57. The second-order valence-electron chi connectivity index (χ2n) is 8.23. The number of anilines is 3. The van der Waals surface area contributed by atoms with E-state index in [0.717, 1.165) is 60.6 Å². The van der Waals surface area contributed by atoms with Gasteiger partial charge >= 0.3 is 0 Å². The van der Waals surface area contributed by atoms with E-state index < -0.39 is 0 Å². The van der Waals surface area contributed by atoms with E-state index in [0.29, 0.717) is 16.8 Å². The Hall–Kier alpha value is -2.09. The molecule has 1 aliphatic heterocycles. The fourth-order valence-electron chi connectivity index (χ4n) is 3.70. The molecular formula is C20H23Cl2N7. The lowest BCUT2D eigenvalue weighted by Crippen LogP contribution is -2.44. The van der Waals surface area contributed by atoms with E-state index in [1.165, 1.54) is 0 Å². The summed E-state index contributed by atoms with van der Waals surface area (Å²) < 4.78 is 1.88. The number of fused-ring (bicyclic) bond motifs is 1. The Morgan fingerprint density at radius 1 is 1.07 bits per heavy atom. The number of hydrogen-bond acceptors (Lipinski definition) is 6. The normalized spacial score (nSPS) is 19.0. The third kappa shape index (κ3) is 3.52. The molecule has 1 aliphatic carbocycles. The molecule has 0 radical (unpaired) electrons. The maximum absolute atomic E-state index is 6.56. The van der Waals surface area contributed by atoms with Crippen LogP contribution in [0.1, 0.15) is 19.8 Å². The Morgan fingerprint density at radius 2 is 1.83 bits per heavy atom. The molecule has 7 nitrogen and oxygen atoms in total. The number of likely N-dealkylation sites (N-methyl/N-ethyl adjacent to an activating group) is 1. The molecule has 1 N–H and O–H groups in total. The van der Waals surface area contributed by atoms with E-state index in [1.54, 1.807) is 12.4 Å². The van der Waals surface area contributed by atoms with Crippen LogP contribution >= 0.6 is 23.2 Å². The molecule has 152 valence electrons. The Balaban J connectivity index is 1.44. The fraction of sp³-hybridized carbons (Fsp3) is 0.450. The highest BCUT2D eigenvalue weighted by atomic mass is 35.5. The maximum Gasteiger partial charge on any atom is 0.227 e. The van der Waals surface area contributed by atoms with Gasteiger partial charge in [-0.1, -0.05) is 23.2 Å². The van der Waals surface area contributed by atoms with Crippen LogP contribution in [0.4, 0.5) is 17.3 Å². The molecule has 5 rings (SSSR count). The summed E-state index contributed by atoms with van der Waals surface area (Å²) in [7, 11) is 2.14. The molecule has 2 aromatic heterocycles. The number of nitrogens with one attached hydrogen (secondary N) is 1. The quantitative estimate of drug-likeness (QED) is 0.669. The van der Waals surface area contributed by atoms with Crippen molar-refractivity contribution < 1.29 is 0 Å². The summed E-state index contributed by atoms with van der Waals surface area (Å²) >= 11 is 13.1. The topological polar surface area (TPSA) is 62.1 Å². The average Bonchev–Trinajstić information content (AvgIpc) is 3.34. The van der Waals surface area contributed by atoms with Gasteiger partial charge in [-0.05, 0) is 38.9 Å². The summed E-state index contributed by atoms with van der Waals surface area (Å²) in [5.41, 5.74) is 2.62. The molecule has 2 aliphatic rings. The van der Waals surface area contributed by atoms with Crippen LogP contribution < -0.4 is 10.2 Å². The van der Waals surface area contributed by atoms with Crippen molar-refractivity contribution in [1.82, 2.24) is 24.6 Å². The molecule has 0 atom stereocenters. The van der Waals surface area contributed by atoms with E-state index >= 15 is 0 Å². The number of aromatic nitrogens is 4. The molecule has 1 aromatic carbocycles. The van der Waals surface area contributed by atoms with Gasteiger partial charge in [0.2, 0.25) is 5.95 Å². The third-order valence-corrected chi connectivity index (χ3v) is 6.60.